The van der Waals surface area contributed by atoms with E-state index in [0.29, 0.717) is 17.2 Å². The van der Waals surface area contributed by atoms with E-state index in [1.165, 1.54) is 12.3 Å². The van der Waals surface area contributed by atoms with Gasteiger partial charge in [-0.2, -0.15) is 0 Å². The van der Waals surface area contributed by atoms with Crippen LogP contribution in [0.5, 0.6) is 0 Å². The number of nitrogens with two attached hydrogens (primary N) is 1. The molecule has 2 N–H and O–H groups in total. The summed E-state index contributed by atoms with van der Waals surface area (Å²) in [4.78, 5) is 6.36. The number of nitrogens with zero attached hydrogens (tertiary/aromatic N) is 2. The van der Waals surface area contributed by atoms with Crippen molar-refractivity contribution in [3.05, 3.63) is 24.1 Å². The van der Waals surface area contributed by atoms with Gasteiger partial charge in [0, 0.05) is 19.5 Å². The first-order chi connectivity index (χ1) is 7.00. The zero-order valence-electron chi connectivity index (χ0n) is 8.77. The molecule has 1 atom stereocenters. The van der Waals surface area contributed by atoms with Gasteiger partial charge in [-0.15, -0.1) is 0 Å². The van der Waals surface area contributed by atoms with Crippen molar-refractivity contribution < 1.29 is 4.39 Å². The molecule has 0 spiro atoms. The van der Waals surface area contributed by atoms with E-state index >= 15 is 0 Å². The van der Waals surface area contributed by atoms with Gasteiger partial charge in [0.15, 0.2) is 0 Å². The third-order valence-corrected chi connectivity index (χ3v) is 2.40. The van der Waals surface area contributed by atoms with Crippen molar-refractivity contribution in [2.24, 2.45) is 5.73 Å². The smallest absolute Gasteiger partial charge is 0.141 e. The van der Waals surface area contributed by atoms with Crippen molar-refractivity contribution in [3.8, 4) is 0 Å². The third-order valence-electron chi connectivity index (χ3n) is 2.23. The Bertz CT molecular complexity index is 339. The van der Waals surface area contributed by atoms with Gasteiger partial charge in [0.2, 0.25) is 0 Å². The first-order valence-corrected chi connectivity index (χ1v) is 5.04. The summed E-state index contributed by atoms with van der Waals surface area (Å²) in [6.45, 7) is 1.99. The monoisotopic (exact) mass is 227 g/mol. The van der Waals surface area contributed by atoms with E-state index < -0.39 is 0 Å². The molecule has 5 heteroatoms. The van der Waals surface area contributed by atoms with Crippen LogP contribution in [0.25, 0.3) is 0 Å². The normalized spacial score (nSPS) is 12.2. The molecule has 0 bridgehead atoms. The molecule has 0 radical (unpaired) electrons. The SMILES string of the molecule is CC(CC(N)=S)N(C)c1ccc(F)cn1. The minimum Gasteiger partial charge on any atom is -0.393 e. The van der Waals surface area contributed by atoms with Crippen LogP contribution in [0.4, 0.5) is 10.2 Å². The molecule has 82 valence electrons. The zero-order chi connectivity index (χ0) is 11.4. The van der Waals surface area contributed by atoms with Crippen molar-refractivity contribution in [2.45, 2.75) is 19.4 Å². The Balaban J connectivity index is 2.71. The molecular weight excluding hydrogens is 213 g/mol. The highest BCUT2D eigenvalue weighted by atomic mass is 32.1. The van der Waals surface area contributed by atoms with Gasteiger partial charge in [-0.1, -0.05) is 12.2 Å². The van der Waals surface area contributed by atoms with Crippen molar-refractivity contribution in [1.82, 2.24) is 4.98 Å². The van der Waals surface area contributed by atoms with Gasteiger partial charge in [-0.3, -0.25) is 0 Å². The van der Waals surface area contributed by atoms with Crippen molar-refractivity contribution >= 4 is 23.0 Å². The fourth-order valence-corrected chi connectivity index (χ4v) is 1.47. The third kappa shape index (κ3) is 3.43. The molecule has 15 heavy (non-hydrogen) atoms. The first kappa shape index (κ1) is 11.8. The molecule has 1 unspecified atom stereocenters. The lowest BCUT2D eigenvalue weighted by atomic mass is 10.2. The topological polar surface area (TPSA) is 42.1 Å². The highest BCUT2D eigenvalue weighted by Crippen LogP contribution is 2.13. The molecule has 0 fully saturated rings. The van der Waals surface area contributed by atoms with Gasteiger partial charge in [0.1, 0.15) is 11.6 Å². The predicted octanol–water partition coefficient (Wildman–Crippen LogP) is 1.72. The lowest BCUT2D eigenvalue weighted by Gasteiger charge is -2.25. The molecule has 1 aromatic rings. The number of hydrogen-bond acceptors (Lipinski definition) is 3. The van der Waals surface area contributed by atoms with E-state index in [9.17, 15) is 4.39 Å². The van der Waals surface area contributed by atoms with Gasteiger partial charge in [-0.05, 0) is 19.1 Å². The Labute approximate surface area is 94.1 Å². The maximum absolute atomic E-state index is 12.6. The number of thiocarbonyl (C=S) groups is 1. The number of hydrogen-bond donors (Lipinski definition) is 1. The highest BCUT2D eigenvalue weighted by molar-refractivity contribution is 7.80. The van der Waals surface area contributed by atoms with Crippen molar-refractivity contribution in [1.29, 1.82) is 0 Å². The van der Waals surface area contributed by atoms with E-state index in [2.05, 4.69) is 4.98 Å². The van der Waals surface area contributed by atoms with E-state index in [-0.39, 0.29) is 11.9 Å². The molecule has 1 heterocycles. The molecule has 3 nitrogen and oxygen atoms in total. The summed E-state index contributed by atoms with van der Waals surface area (Å²) >= 11 is 4.83. The van der Waals surface area contributed by atoms with Crippen LogP contribution in [0.15, 0.2) is 18.3 Å². The molecule has 0 aromatic carbocycles. The summed E-state index contributed by atoms with van der Waals surface area (Å²) in [6.07, 6.45) is 1.81. The average molecular weight is 227 g/mol. The summed E-state index contributed by atoms with van der Waals surface area (Å²) in [5.74, 6) is 0.370. The first-order valence-electron chi connectivity index (χ1n) is 4.63. The van der Waals surface area contributed by atoms with E-state index in [1.54, 1.807) is 6.07 Å². The fourth-order valence-electron chi connectivity index (χ4n) is 1.23. The molecule has 0 aliphatic rings. The molecule has 0 amide bonds. The molecule has 0 aliphatic carbocycles. The summed E-state index contributed by atoms with van der Waals surface area (Å²) in [7, 11) is 1.88. The quantitative estimate of drug-likeness (QED) is 0.795. The van der Waals surface area contributed by atoms with Gasteiger partial charge in [-0.25, -0.2) is 9.37 Å². The van der Waals surface area contributed by atoms with Gasteiger partial charge in [0.05, 0.1) is 11.2 Å². The van der Waals surface area contributed by atoms with Crippen LogP contribution in [0.2, 0.25) is 0 Å². The van der Waals surface area contributed by atoms with Gasteiger partial charge in [0.25, 0.3) is 0 Å². The number of rotatable bonds is 4. The van der Waals surface area contributed by atoms with Crippen LogP contribution in [0.1, 0.15) is 13.3 Å². The highest BCUT2D eigenvalue weighted by Gasteiger charge is 2.11. The molecule has 0 saturated carbocycles. The van der Waals surface area contributed by atoms with E-state index in [4.69, 9.17) is 18.0 Å². The number of anilines is 1. The number of halogens is 1. The van der Waals surface area contributed by atoms with Crippen LogP contribution in [-0.2, 0) is 0 Å². The van der Waals surface area contributed by atoms with Crippen molar-refractivity contribution in [3.63, 3.8) is 0 Å². The lowest BCUT2D eigenvalue weighted by Crippen LogP contribution is -2.33. The second-order valence-electron chi connectivity index (χ2n) is 3.46. The summed E-state index contributed by atoms with van der Waals surface area (Å²) in [6, 6.07) is 3.16. The van der Waals surface area contributed by atoms with E-state index in [0.717, 1.165) is 0 Å². The number of pyridine rings is 1. The maximum Gasteiger partial charge on any atom is 0.141 e. The summed E-state index contributed by atoms with van der Waals surface area (Å²) in [5.41, 5.74) is 5.46. The zero-order valence-corrected chi connectivity index (χ0v) is 9.59. The molecule has 1 rings (SSSR count). The maximum atomic E-state index is 12.6. The minimum atomic E-state index is -0.339. The standard InChI is InChI=1S/C10H14FN3S/c1-7(5-9(12)15)14(2)10-4-3-8(11)6-13-10/h3-4,6-7H,5H2,1-2H3,(H2,12,15). The Kier molecular flexibility index (Phi) is 3.96. The Hall–Kier alpha value is -1.23. The second-order valence-corrected chi connectivity index (χ2v) is 3.99. The Morgan fingerprint density at radius 1 is 1.67 bits per heavy atom. The summed E-state index contributed by atoms with van der Waals surface area (Å²) < 4.78 is 12.6. The largest absolute Gasteiger partial charge is 0.393 e. The molecular formula is C10H14FN3S. The lowest BCUT2D eigenvalue weighted by molar-refractivity contribution is 0.618. The summed E-state index contributed by atoms with van der Waals surface area (Å²) in [5, 5.41) is 0. The van der Waals surface area contributed by atoms with Crippen LogP contribution >= 0.6 is 12.2 Å². The van der Waals surface area contributed by atoms with Crippen LogP contribution in [0.3, 0.4) is 0 Å². The minimum absolute atomic E-state index is 0.153. The molecule has 1 aromatic heterocycles. The van der Waals surface area contributed by atoms with Crippen LogP contribution in [0, 0.1) is 5.82 Å². The van der Waals surface area contributed by atoms with Gasteiger partial charge >= 0.3 is 0 Å². The van der Waals surface area contributed by atoms with Gasteiger partial charge < -0.3 is 10.6 Å². The fraction of sp³-hybridized carbons (Fsp3) is 0.400. The number of aromatic nitrogens is 1. The molecule has 0 aliphatic heterocycles. The Morgan fingerprint density at radius 3 is 2.80 bits per heavy atom. The van der Waals surface area contributed by atoms with Crippen molar-refractivity contribution in [2.75, 3.05) is 11.9 Å². The Morgan fingerprint density at radius 2 is 2.33 bits per heavy atom. The second kappa shape index (κ2) is 5.02. The van der Waals surface area contributed by atoms with E-state index in [1.807, 2.05) is 18.9 Å². The van der Waals surface area contributed by atoms with Crippen LogP contribution < -0.4 is 10.6 Å². The average Bonchev–Trinajstić information content (AvgIpc) is 2.17. The predicted molar refractivity (Wildman–Crippen MR) is 63.5 cm³/mol. The van der Waals surface area contributed by atoms with Crippen LogP contribution in [-0.4, -0.2) is 23.1 Å². The molecule has 0 saturated heterocycles.